The van der Waals surface area contributed by atoms with Gasteiger partial charge in [0.1, 0.15) is 17.3 Å². The number of carbonyl (C=O) groups is 2. The third-order valence-electron chi connectivity index (χ3n) is 5.89. The van der Waals surface area contributed by atoms with Gasteiger partial charge in [-0.2, -0.15) is 0 Å². The zero-order valence-corrected chi connectivity index (χ0v) is 22.3. The lowest BCUT2D eigenvalue weighted by Gasteiger charge is -2.22. The Bertz CT molecular complexity index is 1520. The largest absolute Gasteiger partial charge is 0.508 e. The number of phenolic OH excluding ortho intramolecular Hbond substituents is 1. The molecule has 0 radical (unpaired) electrons. The van der Waals surface area contributed by atoms with Crippen LogP contribution in [0.5, 0.6) is 11.5 Å². The number of amides is 1. The van der Waals surface area contributed by atoms with E-state index in [4.69, 9.17) is 16.3 Å². The number of aromatic hydroxyl groups is 1. The van der Waals surface area contributed by atoms with Gasteiger partial charge in [-0.25, -0.2) is 0 Å². The van der Waals surface area contributed by atoms with Gasteiger partial charge < -0.3 is 14.9 Å². The van der Waals surface area contributed by atoms with Gasteiger partial charge >= 0.3 is 5.91 Å². The number of anilines is 1. The fraction of sp³-hybridized carbons (Fsp3) is 0.111. The van der Waals surface area contributed by atoms with Gasteiger partial charge in [0.25, 0.3) is 5.78 Å². The number of ether oxygens (including phenoxy) is 1. The van der Waals surface area contributed by atoms with Crippen molar-refractivity contribution in [3.8, 4) is 11.5 Å². The van der Waals surface area contributed by atoms with Crippen molar-refractivity contribution >= 4 is 57.3 Å². The Morgan fingerprint density at radius 1 is 1.03 bits per heavy atom. The van der Waals surface area contributed by atoms with Crippen LogP contribution in [-0.4, -0.2) is 39.2 Å². The third kappa shape index (κ3) is 5.10. The molecule has 1 amide bonds. The van der Waals surface area contributed by atoms with Crippen molar-refractivity contribution in [2.24, 2.45) is 0 Å². The number of nitrogens with zero attached hydrogens (tertiary/aromatic N) is 3. The van der Waals surface area contributed by atoms with Crippen molar-refractivity contribution in [1.29, 1.82) is 0 Å². The first kappa shape index (κ1) is 25.8. The minimum Gasteiger partial charge on any atom is -0.508 e. The highest BCUT2D eigenvalue weighted by Crippen LogP contribution is 2.44. The van der Waals surface area contributed by atoms with E-state index in [1.54, 1.807) is 36.4 Å². The number of hydrogen-bond donors (Lipinski definition) is 2. The Hall–Kier alpha value is -3.86. The summed E-state index contributed by atoms with van der Waals surface area (Å²) in [6.45, 7) is 0. The van der Waals surface area contributed by atoms with Crippen molar-refractivity contribution in [3.63, 3.8) is 0 Å². The van der Waals surface area contributed by atoms with Crippen LogP contribution in [0, 0.1) is 0 Å². The number of carbonyl (C=O) groups excluding carboxylic acids is 2. The molecule has 3 aromatic carbocycles. The van der Waals surface area contributed by atoms with Gasteiger partial charge in [-0.05, 0) is 59.7 Å². The van der Waals surface area contributed by atoms with Crippen LogP contribution in [0.3, 0.4) is 0 Å². The number of hydrogen-bond acceptors (Lipinski definition) is 9. The summed E-state index contributed by atoms with van der Waals surface area (Å²) in [5.74, 6) is -0.783. The summed E-state index contributed by atoms with van der Waals surface area (Å²) in [6, 6.07) is 19.1. The Balaban J connectivity index is 1.52. The summed E-state index contributed by atoms with van der Waals surface area (Å²) in [5, 5.41) is 30.3. The second-order valence-electron chi connectivity index (χ2n) is 8.25. The maximum Gasteiger partial charge on any atom is 0.301 e. The topological polar surface area (TPSA) is 113 Å². The monoisotopic (exact) mass is 565 g/mol. The van der Waals surface area contributed by atoms with Gasteiger partial charge in [0.05, 0.1) is 18.7 Å². The number of phenols is 1. The number of thioether (sulfide) groups is 1. The van der Waals surface area contributed by atoms with E-state index in [0.29, 0.717) is 32.0 Å². The maximum atomic E-state index is 13.3. The van der Waals surface area contributed by atoms with Gasteiger partial charge in [-0.15, -0.1) is 10.2 Å². The summed E-state index contributed by atoms with van der Waals surface area (Å²) in [5.41, 5.74) is 1.82. The lowest BCUT2D eigenvalue weighted by molar-refractivity contribution is -0.132. The Morgan fingerprint density at radius 2 is 1.71 bits per heavy atom. The number of aromatic nitrogens is 2. The molecular formula is C27H20ClN3O5S2. The zero-order chi connectivity index (χ0) is 26.8. The predicted molar refractivity (Wildman–Crippen MR) is 147 cm³/mol. The van der Waals surface area contributed by atoms with Gasteiger partial charge in [-0.1, -0.05) is 59.0 Å². The molecule has 0 aliphatic carbocycles. The summed E-state index contributed by atoms with van der Waals surface area (Å²) in [7, 11) is 1.52. The Labute approximate surface area is 231 Å². The molecule has 1 fully saturated rings. The van der Waals surface area contributed by atoms with Gasteiger partial charge in [0.2, 0.25) is 5.13 Å². The van der Waals surface area contributed by atoms with Crippen molar-refractivity contribution in [3.05, 3.63) is 100 Å². The number of aliphatic hydroxyl groups is 1. The minimum absolute atomic E-state index is 0.0256. The van der Waals surface area contributed by atoms with Crippen molar-refractivity contribution < 1.29 is 24.5 Å². The molecule has 1 aliphatic heterocycles. The molecule has 11 heteroatoms. The van der Waals surface area contributed by atoms with E-state index in [9.17, 15) is 19.8 Å². The van der Waals surface area contributed by atoms with Crippen LogP contribution < -0.4 is 9.64 Å². The standard InChI is InChI=1S/C27H20ClN3O5S2/c1-36-20-12-6-17(7-13-20)23(33)21-22(16-4-10-19(32)11-5-16)31(25(35)24(21)34)26-29-30-27(38-26)37-14-15-2-8-18(28)9-3-15/h2-13,22,32-33H,14H2,1H3/b23-21-. The van der Waals surface area contributed by atoms with E-state index in [-0.39, 0.29) is 22.2 Å². The number of rotatable bonds is 7. The van der Waals surface area contributed by atoms with Crippen molar-refractivity contribution in [2.45, 2.75) is 16.1 Å². The molecular weight excluding hydrogens is 546 g/mol. The highest BCUT2D eigenvalue weighted by molar-refractivity contribution is 8.00. The second kappa shape index (κ2) is 10.9. The molecule has 1 atom stereocenters. The number of benzene rings is 3. The molecule has 0 saturated carbocycles. The lowest BCUT2D eigenvalue weighted by Crippen LogP contribution is -2.29. The number of ketones is 1. The third-order valence-corrected chi connectivity index (χ3v) is 8.27. The molecule has 2 heterocycles. The van der Waals surface area contributed by atoms with Gasteiger partial charge in [0, 0.05) is 16.3 Å². The summed E-state index contributed by atoms with van der Waals surface area (Å²) in [6.07, 6.45) is 0. The molecule has 38 heavy (non-hydrogen) atoms. The average Bonchev–Trinajstić information content (AvgIpc) is 3.50. The summed E-state index contributed by atoms with van der Waals surface area (Å²) < 4.78 is 5.78. The first-order valence-corrected chi connectivity index (χ1v) is 13.5. The minimum atomic E-state index is -0.972. The highest BCUT2D eigenvalue weighted by Gasteiger charge is 2.48. The van der Waals surface area contributed by atoms with E-state index in [1.165, 1.54) is 47.2 Å². The van der Waals surface area contributed by atoms with Crippen LogP contribution in [0.4, 0.5) is 5.13 Å². The van der Waals surface area contributed by atoms with Crippen LogP contribution in [0.1, 0.15) is 22.7 Å². The normalized spacial score (nSPS) is 16.7. The molecule has 0 bridgehead atoms. The van der Waals surface area contributed by atoms with Crippen LogP contribution >= 0.6 is 34.7 Å². The molecule has 1 unspecified atom stereocenters. The number of methoxy groups -OCH3 is 1. The van der Waals surface area contributed by atoms with E-state index in [0.717, 1.165) is 5.56 Å². The van der Waals surface area contributed by atoms with Crippen LogP contribution in [0.25, 0.3) is 5.76 Å². The summed E-state index contributed by atoms with van der Waals surface area (Å²) in [4.78, 5) is 27.8. The fourth-order valence-corrected chi connectivity index (χ4v) is 5.94. The number of aliphatic hydroxyl groups excluding tert-OH is 1. The zero-order valence-electron chi connectivity index (χ0n) is 19.9. The first-order chi connectivity index (χ1) is 18.4. The molecule has 8 nitrogen and oxygen atoms in total. The van der Waals surface area contributed by atoms with Crippen molar-refractivity contribution in [1.82, 2.24) is 10.2 Å². The Morgan fingerprint density at radius 3 is 2.37 bits per heavy atom. The highest BCUT2D eigenvalue weighted by atomic mass is 35.5. The predicted octanol–water partition coefficient (Wildman–Crippen LogP) is 5.82. The molecule has 5 rings (SSSR count). The molecule has 192 valence electrons. The fourth-order valence-electron chi connectivity index (χ4n) is 3.99. The van der Waals surface area contributed by atoms with E-state index in [1.807, 2.05) is 24.3 Å². The van der Waals surface area contributed by atoms with Crippen molar-refractivity contribution in [2.75, 3.05) is 12.0 Å². The quantitative estimate of drug-likeness (QED) is 0.0947. The van der Waals surface area contributed by atoms with Crippen LogP contribution in [-0.2, 0) is 15.3 Å². The second-order valence-corrected chi connectivity index (χ2v) is 10.9. The average molecular weight is 566 g/mol. The van der Waals surface area contributed by atoms with Crippen LogP contribution in [0.2, 0.25) is 5.02 Å². The molecule has 0 spiro atoms. The van der Waals surface area contributed by atoms with E-state index in [2.05, 4.69) is 10.2 Å². The SMILES string of the molecule is COc1ccc(/C(O)=C2/C(=O)C(=O)N(c3nnc(SCc4ccc(Cl)cc4)s3)C2c2ccc(O)cc2)cc1. The lowest BCUT2D eigenvalue weighted by atomic mass is 9.95. The smallest absolute Gasteiger partial charge is 0.301 e. The molecule has 1 saturated heterocycles. The summed E-state index contributed by atoms with van der Waals surface area (Å²) >= 11 is 8.57. The van der Waals surface area contributed by atoms with E-state index >= 15 is 0 Å². The van der Waals surface area contributed by atoms with Gasteiger partial charge in [0.15, 0.2) is 4.34 Å². The molecule has 1 aliphatic rings. The van der Waals surface area contributed by atoms with Crippen LogP contribution in [0.15, 0.2) is 82.7 Å². The first-order valence-electron chi connectivity index (χ1n) is 11.3. The van der Waals surface area contributed by atoms with E-state index < -0.39 is 17.7 Å². The molecule has 1 aromatic heterocycles. The maximum absolute atomic E-state index is 13.3. The number of Topliss-reactive ketones (excluding diaryl/α,β-unsaturated/α-hetero) is 1. The number of halogens is 1. The molecule has 2 N–H and O–H groups in total. The molecule has 4 aromatic rings. The Kier molecular flexibility index (Phi) is 7.37. The van der Waals surface area contributed by atoms with Gasteiger partial charge in [-0.3, -0.25) is 14.5 Å².